The van der Waals surface area contributed by atoms with Crippen molar-refractivity contribution in [2.75, 3.05) is 31.6 Å². The van der Waals surface area contributed by atoms with Crippen LogP contribution in [0.25, 0.3) is 0 Å². The molecular formula is C16H26N4O2. The van der Waals surface area contributed by atoms with Crippen molar-refractivity contribution in [3.63, 3.8) is 0 Å². The first kappa shape index (κ1) is 16.7. The minimum Gasteiger partial charge on any atom is -0.379 e. The van der Waals surface area contributed by atoms with Crippen LogP contribution < -0.4 is 10.6 Å². The van der Waals surface area contributed by atoms with E-state index in [0.717, 1.165) is 38.4 Å². The lowest BCUT2D eigenvalue weighted by Crippen LogP contribution is -2.43. The summed E-state index contributed by atoms with van der Waals surface area (Å²) in [5.41, 5.74) is 2.04. The summed E-state index contributed by atoms with van der Waals surface area (Å²) in [5, 5.41) is 5.67. The SMILES string of the molecule is Cc1cnc(NC(=O)NC(C)(C)C)cc1CN1CCOCC1. The van der Waals surface area contributed by atoms with Gasteiger partial charge in [-0.05, 0) is 44.9 Å². The zero-order valence-electron chi connectivity index (χ0n) is 13.9. The van der Waals surface area contributed by atoms with Crippen molar-refractivity contribution < 1.29 is 9.53 Å². The number of carbonyl (C=O) groups is 1. The van der Waals surface area contributed by atoms with Gasteiger partial charge in [0.1, 0.15) is 5.82 Å². The molecule has 1 aromatic heterocycles. The molecule has 0 saturated carbocycles. The van der Waals surface area contributed by atoms with E-state index in [1.807, 2.05) is 40.0 Å². The number of urea groups is 1. The van der Waals surface area contributed by atoms with Gasteiger partial charge in [-0.2, -0.15) is 0 Å². The van der Waals surface area contributed by atoms with Crippen LogP contribution in [0.5, 0.6) is 0 Å². The fourth-order valence-corrected chi connectivity index (χ4v) is 2.29. The van der Waals surface area contributed by atoms with E-state index in [1.165, 1.54) is 5.56 Å². The van der Waals surface area contributed by atoms with Crippen LogP contribution >= 0.6 is 0 Å². The second-order valence-electron chi connectivity index (χ2n) is 6.71. The molecule has 0 atom stereocenters. The summed E-state index contributed by atoms with van der Waals surface area (Å²) in [6, 6.07) is 1.72. The zero-order valence-corrected chi connectivity index (χ0v) is 13.9. The predicted molar refractivity (Wildman–Crippen MR) is 87.0 cm³/mol. The lowest BCUT2D eigenvalue weighted by molar-refractivity contribution is 0.0341. The second kappa shape index (κ2) is 7.07. The van der Waals surface area contributed by atoms with E-state index in [0.29, 0.717) is 5.82 Å². The van der Waals surface area contributed by atoms with Crippen LogP contribution in [-0.2, 0) is 11.3 Å². The van der Waals surface area contributed by atoms with Crippen LogP contribution in [0, 0.1) is 6.92 Å². The molecule has 1 aliphatic heterocycles. The smallest absolute Gasteiger partial charge is 0.320 e. The van der Waals surface area contributed by atoms with E-state index >= 15 is 0 Å². The number of ether oxygens (including phenoxy) is 1. The molecular weight excluding hydrogens is 280 g/mol. The molecule has 2 heterocycles. The van der Waals surface area contributed by atoms with Gasteiger partial charge in [-0.15, -0.1) is 0 Å². The Morgan fingerprint density at radius 3 is 2.68 bits per heavy atom. The number of rotatable bonds is 3. The molecule has 6 heteroatoms. The first-order valence-corrected chi connectivity index (χ1v) is 7.68. The number of carbonyl (C=O) groups excluding carboxylic acids is 1. The van der Waals surface area contributed by atoms with Crippen molar-refractivity contribution in [3.8, 4) is 0 Å². The number of amides is 2. The molecule has 0 aliphatic carbocycles. The molecule has 2 N–H and O–H groups in total. The van der Waals surface area contributed by atoms with Gasteiger partial charge in [0.2, 0.25) is 0 Å². The summed E-state index contributed by atoms with van der Waals surface area (Å²) in [5.74, 6) is 0.579. The normalized spacial score (nSPS) is 16.4. The average molecular weight is 306 g/mol. The Morgan fingerprint density at radius 1 is 1.36 bits per heavy atom. The van der Waals surface area contributed by atoms with Crippen LogP contribution in [0.3, 0.4) is 0 Å². The third kappa shape index (κ3) is 5.27. The van der Waals surface area contributed by atoms with Gasteiger partial charge in [0.25, 0.3) is 0 Å². The largest absolute Gasteiger partial charge is 0.379 e. The van der Waals surface area contributed by atoms with E-state index in [4.69, 9.17) is 4.74 Å². The number of nitrogens with zero attached hydrogens (tertiary/aromatic N) is 2. The van der Waals surface area contributed by atoms with Crippen LogP contribution in [0.1, 0.15) is 31.9 Å². The molecule has 0 spiro atoms. The summed E-state index contributed by atoms with van der Waals surface area (Å²) < 4.78 is 5.37. The van der Waals surface area contributed by atoms with Gasteiger partial charge in [-0.1, -0.05) is 0 Å². The van der Waals surface area contributed by atoms with Gasteiger partial charge in [0, 0.05) is 31.4 Å². The quantitative estimate of drug-likeness (QED) is 0.898. The maximum absolute atomic E-state index is 11.9. The minimum atomic E-state index is -0.272. The maximum Gasteiger partial charge on any atom is 0.320 e. The highest BCUT2D eigenvalue weighted by Crippen LogP contribution is 2.15. The van der Waals surface area contributed by atoms with Crippen LogP contribution in [0.15, 0.2) is 12.3 Å². The molecule has 6 nitrogen and oxygen atoms in total. The molecule has 0 radical (unpaired) electrons. The standard InChI is InChI=1S/C16H26N4O2/c1-12-10-17-14(18-15(21)19-16(2,3)4)9-13(12)11-20-5-7-22-8-6-20/h9-10H,5-8,11H2,1-4H3,(H2,17,18,19,21). The monoisotopic (exact) mass is 306 g/mol. The van der Waals surface area contributed by atoms with Crippen LogP contribution in [-0.4, -0.2) is 47.8 Å². The van der Waals surface area contributed by atoms with Gasteiger partial charge in [0.05, 0.1) is 13.2 Å². The number of aryl methyl sites for hydroxylation is 1. The second-order valence-corrected chi connectivity index (χ2v) is 6.71. The van der Waals surface area contributed by atoms with Gasteiger partial charge in [0.15, 0.2) is 0 Å². The molecule has 1 aromatic rings. The highest BCUT2D eigenvalue weighted by Gasteiger charge is 2.15. The summed E-state index contributed by atoms with van der Waals surface area (Å²) >= 11 is 0. The maximum atomic E-state index is 11.9. The molecule has 2 amide bonds. The van der Waals surface area contributed by atoms with E-state index in [9.17, 15) is 4.79 Å². The Bertz CT molecular complexity index is 519. The van der Waals surface area contributed by atoms with Crippen LogP contribution in [0.2, 0.25) is 0 Å². The molecule has 0 bridgehead atoms. The van der Waals surface area contributed by atoms with E-state index in [2.05, 4.69) is 20.5 Å². The molecule has 2 rings (SSSR count). The third-order valence-electron chi connectivity index (χ3n) is 3.44. The molecule has 1 fully saturated rings. The van der Waals surface area contributed by atoms with Gasteiger partial charge in [-0.25, -0.2) is 9.78 Å². The number of pyridine rings is 1. The Hall–Kier alpha value is -1.66. The topological polar surface area (TPSA) is 66.5 Å². The predicted octanol–water partition coefficient (Wildman–Crippen LogP) is 2.14. The Morgan fingerprint density at radius 2 is 2.05 bits per heavy atom. The number of hydrogen-bond acceptors (Lipinski definition) is 4. The van der Waals surface area contributed by atoms with Crippen molar-refractivity contribution in [1.82, 2.24) is 15.2 Å². The van der Waals surface area contributed by atoms with Gasteiger partial charge in [-0.3, -0.25) is 10.2 Å². The van der Waals surface area contributed by atoms with Crippen molar-refractivity contribution in [1.29, 1.82) is 0 Å². The molecule has 1 aliphatic rings. The molecule has 0 unspecified atom stereocenters. The van der Waals surface area contributed by atoms with E-state index in [1.54, 1.807) is 0 Å². The first-order chi connectivity index (χ1) is 10.3. The number of morpholine rings is 1. The lowest BCUT2D eigenvalue weighted by atomic mass is 10.1. The average Bonchev–Trinajstić information content (AvgIpc) is 2.41. The summed E-state index contributed by atoms with van der Waals surface area (Å²) in [4.78, 5) is 18.6. The third-order valence-corrected chi connectivity index (χ3v) is 3.44. The first-order valence-electron chi connectivity index (χ1n) is 7.68. The van der Waals surface area contributed by atoms with Crippen molar-refractivity contribution in [3.05, 3.63) is 23.4 Å². The summed E-state index contributed by atoms with van der Waals surface area (Å²) in [6.07, 6.45) is 1.81. The van der Waals surface area contributed by atoms with Crippen molar-refractivity contribution in [2.24, 2.45) is 0 Å². The van der Waals surface area contributed by atoms with Crippen molar-refractivity contribution >= 4 is 11.8 Å². The fraction of sp³-hybridized carbons (Fsp3) is 0.625. The number of nitrogens with one attached hydrogen (secondary N) is 2. The Labute approximate surface area is 132 Å². The Balaban J connectivity index is 2.01. The fourth-order valence-electron chi connectivity index (χ4n) is 2.29. The van der Waals surface area contributed by atoms with Crippen molar-refractivity contribution in [2.45, 2.75) is 39.8 Å². The van der Waals surface area contributed by atoms with E-state index < -0.39 is 0 Å². The molecule has 122 valence electrons. The number of aromatic nitrogens is 1. The van der Waals surface area contributed by atoms with Crippen LogP contribution in [0.4, 0.5) is 10.6 Å². The molecule has 22 heavy (non-hydrogen) atoms. The highest BCUT2D eigenvalue weighted by atomic mass is 16.5. The number of anilines is 1. The zero-order chi connectivity index (χ0) is 16.2. The lowest BCUT2D eigenvalue weighted by Gasteiger charge is -2.27. The minimum absolute atomic E-state index is 0.235. The molecule has 1 saturated heterocycles. The van der Waals surface area contributed by atoms with Gasteiger partial charge < -0.3 is 10.1 Å². The highest BCUT2D eigenvalue weighted by molar-refractivity contribution is 5.88. The summed E-state index contributed by atoms with van der Waals surface area (Å²) in [7, 11) is 0. The molecule has 0 aromatic carbocycles. The number of hydrogen-bond donors (Lipinski definition) is 2. The van der Waals surface area contributed by atoms with Gasteiger partial charge >= 0.3 is 6.03 Å². The summed E-state index contributed by atoms with van der Waals surface area (Å²) in [6.45, 7) is 12.2. The Kier molecular flexibility index (Phi) is 5.37. The van der Waals surface area contributed by atoms with E-state index in [-0.39, 0.29) is 11.6 Å².